The van der Waals surface area contributed by atoms with Gasteiger partial charge >= 0.3 is 0 Å². The summed E-state index contributed by atoms with van der Waals surface area (Å²) in [5, 5.41) is 0. The Bertz CT molecular complexity index is 124. The van der Waals surface area contributed by atoms with Gasteiger partial charge in [0, 0.05) is 0 Å². The van der Waals surface area contributed by atoms with Crippen LogP contribution < -0.4 is 0 Å². The molecule has 1 aliphatic rings. The molecule has 1 aliphatic carbocycles. The van der Waals surface area contributed by atoms with Crippen LogP contribution >= 0.6 is 0 Å². The van der Waals surface area contributed by atoms with Crippen LogP contribution in [-0.4, -0.2) is 0 Å². The highest BCUT2D eigenvalue weighted by atomic mass is 14.1. The van der Waals surface area contributed by atoms with Crippen LogP contribution in [0.15, 0.2) is 12.2 Å². The summed E-state index contributed by atoms with van der Waals surface area (Å²) in [5.74, 6) is 0.666. The lowest BCUT2D eigenvalue weighted by Crippen LogP contribution is -1.92. The van der Waals surface area contributed by atoms with Crippen molar-refractivity contribution in [1.29, 1.82) is 0 Å². The Hall–Kier alpha value is -0.260. The second-order valence-electron chi connectivity index (χ2n) is 3.92. The number of rotatable bonds is 0. The zero-order chi connectivity index (χ0) is 8.65. The highest BCUT2D eigenvalue weighted by Gasteiger charge is 2.00. The van der Waals surface area contributed by atoms with E-state index in [1.165, 1.54) is 51.4 Å². The van der Waals surface area contributed by atoms with Gasteiger partial charge in [-0.3, -0.25) is 0 Å². The summed E-state index contributed by atoms with van der Waals surface area (Å²) in [5.41, 5.74) is 0. The molecule has 0 fully saturated rings. The van der Waals surface area contributed by atoms with Crippen molar-refractivity contribution in [2.45, 2.75) is 51.4 Å². The molecule has 1 rings (SSSR count). The van der Waals surface area contributed by atoms with Gasteiger partial charge in [-0.05, 0) is 32.1 Å². The molecule has 0 aromatic rings. The maximum atomic E-state index is 4.15. The van der Waals surface area contributed by atoms with Crippen LogP contribution in [-0.2, 0) is 0 Å². The van der Waals surface area contributed by atoms with E-state index in [4.69, 9.17) is 0 Å². The monoisotopic (exact) mass is 165 g/mol. The average Bonchev–Trinajstić information content (AvgIpc) is 2.11. The summed E-state index contributed by atoms with van der Waals surface area (Å²) in [7, 11) is 0. The molecule has 0 heteroatoms. The van der Waals surface area contributed by atoms with Crippen LogP contribution in [0.2, 0.25) is 0 Å². The predicted octanol–water partition coefficient (Wildman–Crippen LogP) is 4.13. The Labute approximate surface area is 77.1 Å². The van der Waals surface area contributed by atoms with Crippen molar-refractivity contribution < 1.29 is 0 Å². The van der Waals surface area contributed by atoms with E-state index in [1.807, 2.05) is 0 Å². The first-order valence-electron chi connectivity index (χ1n) is 5.37. The minimum atomic E-state index is 0.666. The smallest absolute Gasteiger partial charge is 0.0322 e. The SMILES string of the molecule is [CH2]C1C/C=C/CCCCCCC1. The van der Waals surface area contributed by atoms with E-state index in [1.54, 1.807) is 0 Å². The zero-order valence-electron chi connectivity index (χ0n) is 8.10. The van der Waals surface area contributed by atoms with E-state index in [0.717, 1.165) is 0 Å². The number of hydrogen-bond acceptors (Lipinski definition) is 0. The van der Waals surface area contributed by atoms with Crippen molar-refractivity contribution in [3.63, 3.8) is 0 Å². The molecule has 1 radical (unpaired) electrons. The van der Waals surface area contributed by atoms with E-state index < -0.39 is 0 Å². The molecular weight excluding hydrogens is 144 g/mol. The molecule has 0 saturated heterocycles. The minimum Gasteiger partial charge on any atom is -0.0885 e. The fourth-order valence-corrected chi connectivity index (χ4v) is 1.75. The Balaban J connectivity index is 2.23. The molecule has 0 amide bonds. The van der Waals surface area contributed by atoms with Crippen LogP contribution in [0.1, 0.15) is 51.4 Å². The molecule has 12 heavy (non-hydrogen) atoms. The Kier molecular flexibility index (Phi) is 5.14. The van der Waals surface area contributed by atoms with Crippen molar-refractivity contribution >= 4 is 0 Å². The van der Waals surface area contributed by atoms with Gasteiger partial charge in [-0.15, -0.1) is 0 Å². The van der Waals surface area contributed by atoms with Gasteiger partial charge in [-0.2, -0.15) is 0 Å². The first-order chi connectivity index (χ1) is 5.89. The van der Waals surface area contributed by atoms with Crippen LogP contribution in [0.25, 0.3) is 0 Å². The summed E-state index contributed by atoms with van der Waals surface area (Å²) >= 11 is 0. The van der Waals surface area contributed by atoms with Gasteiger partial charge in [0.15, 0.2) is 0 Å². The third kappa shape index (κ3) is 4.58. The fraction of sp³-hybridized carbons (Fsp3) is 0.750. The summed E-state index contributed by atoms with van der Waals surface area (Å²) in [6.45, 7) is 4.15. The van der Waals surface area contributed by atoms with Crippen LogP contribution in [0.5, 0.6) is 0 Å². The fourth-order valence-electron chi connectivity index (χ4n) is 1.75. The second kappa shape index (κ2) is 6.28. The quantitative estimate of drug-likeness (QED) is 0.473. The van der Waals surface area contributed by atoms with Gasteiger partial charge in [0.25, 0.3) is 0 Å². The molecule has 0 aromatic heterocycles. The Morgan fingerprint density at radius 1 is 0.917 bits per heavy atom. The van der Waals surface area contributed by atoms with E-state index >= 15 is 0 Å². The molecule has 0 aliphatic heterocycles. The molecule has 0 nitrogen and oxygen atoms in total. The molecule has 0 spiro atoms. The maximum absolute atomic E-state index is 4.15. The first-order valence-corrected chi connectivity index (χ1v) is 5.37. The average molecular weight is 165 g/mol. The molecular formula is C12H21. The first kappa shape index (κ1) is 9.83. The number of hydrogen-bond donors (Lipinski definition) is 0. The Morgan fingerprint density at radius 3 is 2.58 bits per heavy atom. The van der Waals surface area contributed by atoms with Crippen LogP contribution in [0.3, 0.4) is 0 Å². The molecule has 0 aromatic carbocycles. The normalized spacial score (nSPS) is 30.6. The maximum Gasteiger partial charge on any atom is -0.0322 e. The van der Waals surface area contributed by atoms with Gasteiger partial charge in [0.1, 0.15) is 0 Å². The van der Waals surface area contributed by atoms with E-state index in [2.05, 4.69) is 19.1 Å². The topological polar surface area (TPSA) is 0 Å². The van der Waals surface area contributed by atoms with Crippen LogP contribution in [0.4, 0.5) is 0 Å². The van der Waals surface area contributed by atoms with Crippen LogP contribution in [0, 0.1) is 12.8 Å². The molecule has 1 unspecified atom stereocenters. The van der Waals surface area contributed by atoms with Crippen molar-refractivity contribution in [1.82, 2.24) is 0 Å². The summed E-state index contributed by atoms with van der Waals surface area (Å²) in [6.07, 6.45) is 15.5. The summed E-state index contributed by atoms with van der Waals surface area (Å²) in [4.78, 5) is 0. The van der Waals surface area contributed by atoms with Gasteiger partial charge in [0.05, 0.1) is 0 Å². The highest BCUT2D eigenvalue weighted by Crippen LogP contribution is 2.16. The van der Waals surface area contributed by atoms with Gasteiger partial charge in [0.2, 0.25) is 0 Å². The van der Waals surface area contributed by atoms with E-state index in [0.29, 0.717) is 5.92 Å². The predicted molar refractivity (Wildman–Crippen MR) is 54.9 cm³/mol. The lowest BCUT2D eigenvalue weighted by Gasteiger charge is -2.06. The molecule has 1 atom stereocenters. The molecule has 0 saturated carbocycles. The van der Waals surface area contributed by atoms with Gasteiger partial charge in [-0.25, -0.2) is 0 Å². The van der Waals surface area contributed by atoms with E-state index in [-0.39, 0.29) is 0 Å². The van der Waals surface area contributed by atoms with E-state index in [9.17, 15) is 0 Å². The molecule has 69 valence electrons. The second-order valence-corrected chi connectivity index (χ2v) is 3.92. The molecule has 0 N–H and O–H groups in total. The van der Waals surface area contributed by atoms with Gasteiger partial charge < -0.3 is 0 Å². The van der Waals surface area contributed by atoms with Gasteiger partial charge in [-0.1, -0.05) is 44.3 Å². The Morgan fingerprint density at radius 2 is 1.67 bits per heavy atom. The van der Waals surface area contributed by atoms with Crippen molar-refractivity contribution in [2.75, 3.05) is 0 Å². The lowest BCUT2D eigenvalue weighted by molar-refractivity contribution is 0.526. The molecule has 0 heterocycles. The summed E-state index contributed by atoms with van der Waals surface area (Å²) < 4.78 is 0. The number of allylic oxidation sites excluding steroid dienone is 2. The minimum absolute atomic E-state index is 0.666. The van der Waals surface area contributed by atoms with Crippen molar-refractivity contribution in [3.8, 4) is 0 Å². The van der Waals surface area contributed by atoms with Crippen molar-refractivity contribution in [3.05, 3.63) is 19.1 Å². The highest BCUT2D eigenvalue weighted by molar-refractivity contribution is 4.85. The molecule has 0 bridgehead atoms. The third-order valence-corrected chi connectivity index (χ3v) is 2.62. The van der Waals surface area contributed by atoms with Crippen molar-refractivity contribution in [2.24, 2.45) is 5.92 Å². The summed E-state index contributed by atoms with van der Waals surface area (Å²) in [6, 6.07) is 0. The third-order valence-electron chi connectivity index (χ3n) is 2.62. The zero-order valence-corrected chi connectivity index (χ0v) is 8.10. The standard InChI is InChI=1S/C12H21/c1-12-10-8-6-4-2-3-5-7-9-11-12/h6,8,12H,1-5,7,9-11H2/b8-6+. The largest absolute Gasteiger partial charge is 0.0885 e. The lowest BCUT2D eigenvalue weighted by atomic mass is 10.00.